The Bertz CT molecular complexity index is 932. The van der Waals surface area contributed by atoms with Crippen molar-refractivity contribution in [2.45, 2.75) is 19.3 Å². The van der Waals surface area contributed by atoms with Crippen molar-refractivity contribution in [1.29, 1.82) is 0 Å². The molecule has 138 valence electrons. The molecule has 1 fully saturated rings. The Labute approximate surface area is 156 Å². The van der Waals surface area contributed by atoms with Crippen molar-refractivity contribution < 1.29 is 9.18 Å². The fraction of sp³-hybridized carbons (Fsp3) is 0.250. The molecule has 3 heterocycles. The quantitative estimate of drug-likeness (QED) is 0.736. The van der Waals surface area contributed by atoms with Gasteiger partial charge in [0, 0.05) is 25.4 Å². The molecule has 1 aromatic carbocycles. The molecule has 1 amide bonds. The molecule has 3 aromatic rings. The van der Waals surface area contributed by atoms with E-state index in [1.807, 2.05) is 0 Å². The lowest BCUT2D eigenvalue weighted by atomic mass is 10.1. The van der Waals surface area contributed by atoms with Crippen molar-refractivity contribution in [3.05, 3.63) is 60.4 Å². The van der Waals surface area contributed by atoms with Crippen LogP contribution in [0.25, 0.3) is 11.1 Å². The number of H-pyrrole nitrogens is 1. The molecule has 2 N–H and O–H groups in total. The molecular formula is C20H20FN5O. The van der Waals surface area contributed by atoms with E-state index >= 15 is 0 Å². The molecule has 0 atom stereocenters. The van der Waals surface area contributed by atoms with E-state index in [1.165, 1.54) is 24.9 Å². The Balaban J connectivity index is 1.47. The highest BCUT2D eigenvalue weighted by molar-refractivity contribution is 6.03. The van der Waals surface area contributed by atoms with E-state index in [2.05, 4.69) is 25.2 Å². The number of carbonyl (C=O) groups excluding carboxylic acids is 1. The zero-order chi connectivity index (χ0) is 18.6. The van der Waals surface area contributed by atoms with Crippen LogP contribution in [-0.2, 0) is 0 Å². The predicted octanol–water partition coefficient (Wildman–Crippen LogP) is 3.85. The lowest BCUT2D eigenvalue weighted by Crippen LogP contribution is -2.30. The topological polar surface area (TPSA) is 73.9 Å². The van der Waals surface area contributed by atoms with Gasteiger partial charge in [0.1, 0.15) is 29.5 Å². The molecule has 0 bridgehead atoms. The van der Waals surface area contributed by atoms with Gasteiger partial charge >= 0.3 is 0 Å². The molecule has 0 unspecified atom stereocenters. The Morgan fingerprint density at radius 2 is 1.81 bits per heavy atom. The lowest BCUT2D eigenvalue weighted by molar-refractivity contribution is 0.102. The third-order valence-corrected chi connectivity index (χ3v) is 4.68. The number of amides is 1. The first-order valence-corrected chi connectivity index (χ1v) is 9.02. The minimum Gasteiger partial charge on any atom is -0.357 e. The molecular weight excluding hydrogens is 345 g/mol. The largest absolute Gasteiger partial charge is 0.357 e. The molecule has 0 spiro atoms. The highest BCUT2D eigenvalue weighted by atomic mass is 19.1. The van der Waals surface area contributed by atoms with Crippen molar-refractivity contribution in [2.24, 2.45) is 0 Å². The summed E-state index contributed by atoms with van der Waals surface area (Å²) >= 11 is 0. The van der Waals surface area contributed by atoms with Gasteiger partial charge in [-0.1, -0.05) is 12.1 Å². The summed E-state index contributed by atoms with van der Waals surface area (Å²) in [7, 11) is 0. The standard InChI is InChI=1S/C20H20FN5O/c21-16-6-4-14(5-7-16)15-10-17(22-12-15)20(27)25-18-11-19(24-13-23-18)26-8-2-1-3-9-26/h4-7,10-13,22H,1-3,8-9H2,(H,23,24,25,27). The minimum atomic E-state index is -0.291. The second-order valence-corrected chi connectivity index (χ2v) is 6.57. The molecule has 4 rings (SSSR count). The molecule has 1 aliphatic heterocycles. The lowest BCUT2D eigenvalue weighted by Gasteiger charge is -2.27. The molecule has 6 nitrogen and oxygen atoms in total. The maximum absolute atomic E-state index is 13.1. The zero-order valence-corrected chi connectivity index (χ0v) is 14.8. The van der Waals surface area contributed by atoms with Gasteiger partial charge in [0.05, 0.1) is 0 Å². The van der Waals surface area contributed by atoms with Gasteiger partial charge in [-0.25, -0.2) is 14.4 Å². The number of nitrogens with zero attached hydrogens (tertiary/aromatic N) is 3. The summed E-state index contributed by atoms with van der Waals surface area (Å²) in [5.41, 5.74) is 2.06. The van der Waals surface area contributed by atoms with E-state index < -0.39 is 0 Å². The maximum Gasteiger partial charge on any atom is 0.273 e. The van der Waals surface area contributed by atoms with Gasteiger partial charge in [0.25, 0.3) is 5.91 Å². The van der Waals surface area contributed by atoms with Crippen molar-refractivity contribution >= 4 is 17.5 Å². The van der Waals surface area contributed by atoms with Crippen molar-refractivity contribution in [1.82, 2.24) is 15.0 Å². The van der Waals surface area contributed by atoms with Crippen LogP contribution >= 0.6 is 0 Å². The summed E-state index contributed by atoms with van der Waals surface area (Å²) < 4.78 is 13.1. The first-order chi connectivity index (χ1) is 13.2. The second kappa shape index (κ2) is 7.57. The summed E-state index contributed by atoms with van der Waals surface area (Å²) in [4.78, 5) is 26.2. The number of halogens is 1. The number of carbonyl (C=O) groups is 1. The van der Waals surface area contributed by atoms with Crippen LogP contribution in [0.4, 0.5) is 16.0 Å². The molecule has 0 radical (unpaired) electrons. The Hall–Kier alpha value is -3.22. The van der Waals surface area contributed by atoms with Gasteiger partial charge in [-0.05, 0) is 48.6 Å². The number of aromatic nitrogens is 3. The smallest absolute Gasteiger partial charge is 0.273 e. The van der Waals surface area contributed by atoms with E-state index in [4.69, 9.17) is 0 Å². The van der Waals surface area contributed by atoms with E-state index in [9.17, 15) is 9.18 Å². The van der Waals surface area contributed by atoms with Gasteiger partial charge in [-0.3, -0.25) is 4.79 Å². The van der Waals surface area contributed by atoms with Crippen molar-refractivity contribution in [3.63, 3.8) is 0 Å². The summed E-state index contributed by atoms with van der Waals surface area (Å²) in [6, 6.07) is 9.67. The molecule has 0 saturated carbocycles. The van der Waals surface area contributed by atoms with E-state index in [0.29, 0.717) is 11.5 Å². The molecule has 1 aliphatic rings. The van der Waals surface area contributed by atoms with Crippen LogP contribution in [0.5, 0.6) is 0 Å². The van der Waals surface area contributed by atoms with Crippen LogP contribution in [-0.4, -0.2) is 33.9 Å². The Morgan fingerprint density at radius 3 is 2.59 bits per heavy atom. The first kappa shape index (κ1) is 17.2. The fourth-order valence-electron chi connectivity index (χ4n) is 3.23. The minimum absolute atomic E-state index is 0.286. The molecule has 1 saturated heterocycles. The van der Waals surface area contributed by atoms with Crippen LogP contribution in [0.1, 0.15) is 29.8 Å². The molecule has 27 heavy (non-hydrogen) atoms. The van der Waals surface area contributed by atoms with Gasteiger partial charge in [-0.15, -0.1) is 0 Å². The van der Waals surface area contributed by atoms with Gasteiger partial charge < -0.3 is 15.2 Å². The number of aromatic amines is 1. The monoisotopic (exact) mass is 365 g/mol. The predicted molar refractivity (Wildman–Crippen MR) is 102 cm³/mol. The van der Waals surface area contributed by atoms with Gasteiger partial charge in [-0.2, -0.15) is 0 Å². The average molecular weight is 365 g/mol. The number of rotatable bonds is 4. The molecule has 0 aliphatic carbocycles. The highest BCUT2D eigenvalue weighted by Gasteiger charge is 2.15. The Morgan fingerprint density at radius 1 is 1.04 bits per heavy atom. The normalized spacial score (nSPS) is 14.2. The third kappa shape index (κ3) is 3.97. The SMILES string of the molecule is O=C(Nc1cc(N2CCCCC2)ncn1)c1cc(-c2ccc(F)cc2)c[nH]1. The third-order valence-electron chi connectivity index (χ3n) is 4.68. The average Bonchev–Trinajstić information content (AvgIpc) is 3.20. The summed E-state index contributed by atoms with van der Waals surface area (Å²) in [5.74, 6) is 0.721. The number of anilines is 2. The van der Waals surface area contributed by atoms with Crippen LogP contribution in [0.3, 0.4) is 0 Å². The van der Waals surface area contributed by atoms with Crippen LogP contribution in [0.15, 0.2) is 48.9 Å². The van der Waals surface area contributed by atoms with Crippen molar-refractivity contribution in [3.8, 4) is 11.1 Å². The number of nitrogens with one attached hydrogen (secondary N) is 2. The zero-order valence-electron chi connectivity index (χ0n) is 14.8. The van der Waals surface area contributed by atoms with Crippen LogP contribution in [0, 0.1) is 5.82 Å². The molecule has 7 heteroatoms. The van der Waals surface area contributed by atoms with E-state index in [0.717, 1.165) is 42.9 Å². The number of piperidine rings is 1. The van der Waals surface area contributed by atoms with Crippen LogP contribution < -0.4 is 10.2 Å². The summed E-state index contributed by atoms with van der Waals surface area (Å²) in [6.07, 6.45) is 6.74. The first-order valence-electron chi connectivity index (χ1n) is 9.02. The van der Waals surface area contributed by atoms with Crippen LogP contribution in [0.2, 0.25) is 0 Å². The van der Waals surface area contributed by atoms with Crippen molar-refractivity contribution in [2.75, 3.05) is 23.3 Å². The maximum atomic E-state index is 13.1. The summed E-state index contributed by atoms with van der Waals surface area (Å²) in [5, 5.41) is 2.80. The second-order valence-electron chi connectivity index (χ2n) is 6.57. The Kier molecular flexibility index (Phi) is 4.82. The van der Waals surface area contributed by atoms with Gasteiger partial charge in [0.15, 0.2) is 0 Å². The summed E-state index contributed by atoms with van der Waals surface area (Å²) in [6.45, 7) is 1.95. The number of hydrogen-bond acceptors (Lipinski definition) is 4. The van der Waals surface area contributed by atoms with E-state index in [1.54, 1.807) is 30.5 Å². The fourth-order valence-corrected chi connectivity index (χ4v) is 3.23. The number of benzene rings is 1. The molecule has 2 aromatic heterocycles. The van der Waals surface area contributed by atoms with E-state index in [-0.39, 0.29) is 11.7 Å². The number of hydrogen-bond donors (Lipinski definition) is 2. The van der Waals surface area contributed by atoms with Gasteiger partial charge in [0.2, 0.25) is 0 Å². The highest BCUT2D eigenvalue weighted by Crippen LogP contribution is 2.22.